The van der Waals surface area contributed by atoms with Gasteiger partial charge >= 0.3 is 5.97 Å². The Hall–Kier alpha value is -3.47. The highest BCUT2D eigenvalue weighted by Crippen LogP contribution is 2.25. The smallest absolute Gasteiger partial charge is 0.338 e. The van der Waals surface area contributed by atoms with E-state index >= 15 is 0 Å². The van der Waals surface area contributed by atoms with Crippen LogP contribution in [-0.4, -0.2) is 25.2 Å². The lowest BCUT2D eigenvalue weighted by Crippen LogP contribution is -2.36. The average molecular weight is 433 g/mol. The van der Waals surface area contributed by atoms with Gasteiger partial charge in [0.05, 0.1) is 22.1 Å². The van der Waals surface area contributed by atoms with Crippen molar-refractivity contribution in [3.8, 4) is 6.07 Å². The molecule has 0 aromatic heterocycles. The summed E-state index contributed by atoms with van der Waals surface area (Å²) in [6.07, 6.45) is 0.652. The second-order valence-corrected chi connectivity index (χ2v) is 9.21. The summed E-state index contributed by atoms with van der Waals surface area (Å²) in [6, 6.07) is 22.5. The summed E-state index contributed by atoms with van der Waals surface area (Å²) >= 11 is 0. The number of hydrogen-bond donors (Lipinski definition) is 0. The molecule has 0 saturated heterocycles. The van der Waals surface area contributed by atoms with Crippen molar-refractivity contribution in [1.82, 2.24) is 4.31 Å². The summed E-state index contributed by atoms with van der Waals surface area (Å²) in [5, 5.41) is 8.97. The number of ether oxygens (including phenoxy) is 1. The molecule has 0 fully saturated rings. The van der Waals surface area contributed by atoms with Gasteiger partial charge in [-0.15, -0.1) is 0 Å². The molecular weight excluding hydrogens is 412 g/mol. The lowest BCUT2D eigenvalue weighted by molar-refractivity contribution is 0.0472. The Kier molecular flexibility index (Phi) is 5.85. The lowest BCUT2D eigenvalue weighted by atomic mass is 10.0. The van der Waals surface area contributed by atoms with Gasteiger partial charge in [0.1, 0.15) is 6.61 Å². The Labute approximate surface area is 181 Å². The molecule has 0 atom stereocenters. The first-order valence-corrected chi connectivity index (χ1v) is 11.2. The number of esters is 1. The topological polar surface area (TPSA) is 87.5 Å². The van der Waals surface area contributed by atoms with E-state index in [1.54, 1.807) is 24.3 Å². The highest BCUT2D eigenvalue weighted by Gasteiger charge is 2.28. The van der Waals surface area contributed by atoms with Crippen molar-refractivity contribution in [3.63, 3.8) is 0 Å². The quantitative estimate of drug-likeness (QED) is 0.574. The number of benzene rings is 3. The minimum absolute atomic E-state index is 0.00571. The van der Waals surface area contributed by atoms with E-state index in [1.807, 2.05) is 30.3 Å². The zero-order valence-corrected chi connectivity index (χ0v) is 17.5. The molecule has 1 aliphatic heterocycles. The van der Waals surface area contributed by atoms with E-state index < -0.39 is 16.0 Å². The van der Waals surface area contributed by atoms with Gasteiger partial charge in [0.25, 0.3) is 0 Å². The van der Waals surface area contributed by atoms with E-state index in [0.29, 0.717) is 30.6 Å². The number of hydrogen-bond acceptors (Lipinski definition) is 5. The second-order valence-electron chi connectivity index (χ2n) is 7.27. The molecule has 4 rings (SSSR count). The van der Waals surface area contributed by atoms with E-state index in [1.165, 1.54) is 28.6 Å². The third kappa shape index (κ3) is 4.50. The molecule has 1 aliphatic rings. The molecule has 0 spiro atoms. The summed E-state index contributed by atoms with van der Waals surface area (Å²) < 4.78 is 33.1. The standard InChI is InChI=1S/C24H20N2O4S/c25-15-18-5-3-6-19(13-18)17-30-24(27)21-9-4-10-23(14-21)31(28,29)26-12-11-20-7-1-2-8-22(20)16-26/h1-10,13-14H,11-12,16-17H2. The van der Waals surface area contributed by atoms with Crippen LogP contribution in [0.1, 0.15) is 32.6 Å². The third-order valence-electron chi connectivity index (χ3n) is 5.23. The predicted molar refractivity (Wildman–Crippen MR) is 114 cm³/mol. The summed E-state index contributed by atoms with van der Waals surface area (Å²) in [6.45, 7) is 0.694. The van der Waals surface area contributed by atoms with E-state index in [2.05, 4.69) is 0 Å². The molecule has 0 bridgehead atoms. The molecule has 1 heterocycles. The normalized spacial score (nSPS) is 13.8. The van der Waals surface area contributed by atoms with Crippen molar-refractivity contribution in [2.24, 2.45) is 0 Å². The van der Waals surface area contributed by atoms with Gasteiger partial charge in [-0.3, -0.25) is 0 Å². The van der Waals surface area contributed by atoms with Crippen molar-refractivity contribution in [2.75, 3.05) is 6.54 Å². The first-order valence-electron chi connectivity index (χ1n) is 9.80. The molecule has 31 heavy (non-hydrogen) atoms. The summed E-state index contributed by atoms with van der Waals surface area (Å²) in [5.41, 5.74) is 3.47. The van der Waals surface area contributed by atoms with Gasteiger partial charge in [-0.2, -0.15) is 9.57 Å². The van der Waals surface area contributed by atoms with Crippen LogP contribution in [-0.2, 0) is 34.3 Å². The molecular formula is C24H20N2O4S. The first kappa shape index (κ1) is 20.8. The van der Waals surface area contributed by atoms with Crippen molar-refractivity contribution in [1.29, 1.82) is 5.26 Å². The van der Waals surface area contributed by atoms with Crippen LogP contribution in [0.4, 0.5) is 0 Å². The van der Waals surface area contributed by atoms with Crippen molar-refractivity contribution >= 4 is 16.0 Å². The summed E-state index contributed by atoms with van der Waals surface area (Å²) in [4.78, 5) is 12.6. The van der Waals surface area contributed by atoms with Crippen LogP contribution >= 0.6 is 0 Å². The number of rotatable bonds is 5. The molecule has 0 radical (unpaired) electrons. The third-order valence-corrected chi connectivity index (χ3v) is 7.07. The fourth-order valence-electron chi connectivity index (χ4n) is 3.57. The van der Waals surface area contributed by atoms with E-state index in [9.17, 15) is 13.2 Å². The molecule has 0 N–H and O–H groups in total. The number of carbonyl (C=O) groups excluding carboxylic acids is 1. The number of nitrogens with zero attached hydrogens (tertiary/aromatic N) is 2. The minimum Gasteiger partial charge on any atom is -0.457 e. The molecule has 0 amide bonds. The van der Waals surface area contributed by atoms with Gasteiger partial charge in [-0.05, 0) is 53.4 Å². The van der Waals surface area contributed by atoms with Crippen LogP contribution in [0.25, 0.3) is 0 Å². The van der Waals surface area contributed by atoms with Gasteiger partial charge < -0.3 is 4.74 Å². The van der Waals surface area contributed by atoms with Crippen LogP contribution in [0.5, 0.6) is 0 Å². The number of carbonyl (C=O) groups is 1. The Morgan fingerprint density at radius 3 is 2.58 bits per heavy atom. The second kappa shape index (κ2) is 8.72. The minimum atomic E-state index is -3.75. The highest BCUT2D eigenvalue weighted by atomic mass is 32.2. The van der Waals surface area contributed by atoms with Crippen LogP contribution in [0.3, 0.4) is 0 Å². The summed E-state index contributed by atoms with van der Waals surface area (Å²) in [5.74, 6) is -0.622. The van der Waals surface area contributed by atoms with Crippen LogP contribution < -0.4 is 0 Å². The van der Waals surface area contributed by atoms with Crippen molar-refractivity contribution in [3.05, 3.63) is 101 Å². The van der Waals surface area contributed by atoms with Gasteiger partial charge in [0.2, 0.25) is 10.0 Å². The summed E-state index contributed by atoms with van der Waals surface area (Å²) in [7, 11) is -3.75. The molecule has 7 heteroatoms. The SMILES string of the molecule is N#Cc1cccc(COC(=O)c2cccc(S(=O)(=O)N3CCc4ccccc4C3)c2)c1. The molecule has 6 nitrogen and oxygen atoms in total. The molecule has 0 saturated carbocycles. The zero-order valence-electron chi connectivity index (χ0n) is 16.7. The average Bonchev–Trinajstić information content (AvgIpc) is 2.82. The van der Waals surface area contributed by atoms with E-state index in [-0.39, 0.29) is 17.1 Å². The Balaban J connectivity index is 1.49. The van der Waals surface area contributed by atoms with E-state index in [0.717, 1.165) is 11.1 Å². The lowest BCUT2D eigenvalue weighted by Gasteiger charge is -2.28. The number of sulfonamides is 1. The van der Waals surface area contributed by atoms with Gasteiger partial charge in [0.15, 0.2) is 0 Å². The van der Waals surface area contributed by atoms with Crippen LogP contribution in [0.15, 0.2) is 77.7 Å². The van der Waals surface area contributed by atoms with Gasteiger partial charge in [-0.1, -0.05) is 42.5 Å². The van der Waals surface area contributed by atoms with Crippen molar-refractivity contribution in [2.45, 2.75) is 24.5 Å². The van der Waals surface area contributed by atoms with Crippen molar-refractivity contribution < 1.29 is 17.9 Å². The van der Waals surface area contributed by atoms with Gasteiger partial charge in [0, 0.05) is 13.1 Å². The zero-order chi connectivity index (χ0) is 21.8. The Bertz CT molecular complexity index is 1280. The molecule has 3 aromatic rings. The fraction of sp³-hybridized carbons (Fsp3) is 0.167. The fourth-order valence-corrected chi connectivity index (χ4v) is 5.04. The Morgan fingerprint density at radius 2 is 1.77 bits per heavy atom. The molecule has 0 unspecified atom stereocenters. The van der Waals surface area contributed by atoms with Crippen LogP contribution in [0.2, 0.25) is 0 Å². The van der Waals surface area contributed by atoms with Crippen LogP contribution in [0, 0.1) is 11.3 Å². The first-order chi connectivity index (χ1) is 15.0. The maximum atomic E-state index is 13.2. The van der Waals surface area contributed by atoms with E-state index in [4.69, 9.17) is 10.00 Å². The number of fused-ring (bicyclic) bond motifs is 1. The Morgan fingerprint density at radius 1 is 1.00 bits per heavy atom. The molecule has 0 aliphatic carbocycles. The predicted octanol–water partition coefficient (Wildman–Crippen LogP) is 3.66. The largest absolute Gasteiger partial charge is 0.457 e. The van der Waals surface area contributed by atoms with Gasteiger partial charge in [-0.25, -0.2) is 13.2 Å². The maximum Gasteiger partial charge on any atom is 0.338 e. The molecule has 3 aromatic carbocycles. The highest BCUT2D eigenvalue weighted by molar-refractivity contribution is 7.89. The monoisotopic (exact) mass is 432 g/mol. The number of nitriles is 1. The molecule has 156 valence electrons. The maximum absolute atomic E-state index is 13.2.